The maximum Gasteiger partial charge on any atom is 0.255 e. The van der Waals surface area contributed by atoms with Gasteiger partial charge in [-0.05, 0) is 25.0 Å². The van der Waals surface area contributed by atoms with E-state index in [1.807, 2.05) is 43.3 Å². The van der Waals surface area contributed by atoms with Crippen LogP contribution in [0.1, 0.15) is 35.0 Å². The van der Waals surface area contributed by atoms with Gasteiger partial charge in [-0.15, -0.1) is 0 Å². The van der Waals surface area contributed by atoms with E-state index < -0.39 is 0 Å². The summed E-state index contributed by atoms with van der Waals surface area (Å²) in [7, 11) is 0. The summed E-state index contributed by atoms with van der Waals surface area (Å²) >= 11 is 0. The van der Waals surface area contributed by atoms with Gasteiger partial charge in [0.2, 0.25) is 0 Å². The molecule has 2 rings (SSSR count). The Morgan fingerprint density at radius 2 is 2.00 bits per heavy atom. The number of nitrogens with zero attached hydrogens (tertiary/aromatic N) is 1. The summed E-state index contributed by atoms with van der Waals surface area (Å²) in [6, 6.07) is 11.8. The number of hydrogen-bond acceptors (Lipinski definition) is 3. The fourth-order valence-corrected chi connectivity index (χ4v) is 2.02. The van der Waals surface area contributed by atoms with E-state index in [-0.39, 0.29) is 5.91 Å². The fourth-order valence-electron chi connectivity index (χ4n) is 2.02. The second-order valence-corrected chi connectivity index (χ2v) is 4.97. The van der Waals surface area contributed by atoms with Crippen molar-refractivity contribution in [2.45, 2.75) is 26.8 Å². The van der Waals surface area contributed by atoms with Crippen LogP contribution >= 0.6 is 0 Å². The van der Waals surface area contributed by atoms with Gasteiger partial charge in [-0.2, -0.15) is 0 Å². The maximum atomic E-state index is 12.3. The number of benzene rings is 1. The summed E-state index contributed by atoms with van der Waals surface area (Å²) in [5, 5.41) is 6.21. The van der Waals surface area contributed by atoms with Gasteiger partial charge in [0.25, 0.3) is 5.91 Å². The number of hydrogen-bond donors (Lipinski definition) is 2. The van der Waals surface area contributed by atoms with Crippen LogP contribution in [0.4, 0.5) is 5.69 Å². The van der Waals surface area contributed by atoms with Crippen molar-refractivity contribution in [3.63, 3.8) is 0 Å². The van der Waals surface area contributed by atoms with E-state index >= 15 is 0 Å². The molecule has 0 bridgehead atoms. The van der Waals surface area contributed by atoms with E-state index in [1.165, 1.54) is 0 Å². The summed E-state index contributed by atoms with van der Waals surface area (Å²) in [6.07, 6.45) is 2.64. The lowest BCUT2D eigenvalue weighted by Crippen LogP contribution is -2.24. The third-order valence-electron chi connectivity index (χ3n) is 3.15. The first-order valence-electron chi connectivity index (χ1n) is 7.23. The van der Waals surface area contributed by atoms with Crippen molar-refractivity contribution < 1.29 is 4.79 Å². The molecule has 0 aliphatic heterocycles. The highest BCUT2D eigenvalue weighted by molar-refractivity contribution is 5.99. The molecular formula is C17H21N3O. The summed E-state index contributed by atoms with van der Waals surface area (Å²) < 4.78 is 0. The van der Waals surface area contributed by atoms with Crippen molar-refractivity contribution >= 4 is 11.6 Å². The van der Waals surface area contributed by atoms with Gasteiger partial charge in [0.05, 0.1) is 11.3 Å². The van der Waals surface area contributed by atoms with Gasteiger partial charge < -0.3 is 10.6 Å². The van der Waals surface area contributed by atoms with Crippen LogP contribution in [-0.4, -0.2) is 17.4 Å². The number of carbonyl (C=O) groups is 1. The highest BCUT2D eigenvalue weighted by Gasteiger charge is 2.11. The predicted molar refractivity (Wildman–Crippen MR) is 85.4 cm³/mol. The SMILES string of the molecule is CCCNc1cc(C)ncc1C(=O)NCc1ccccc1. The zero-order chi connectivity index (χ0) is 15.1. The summed E-state index contributed by atoms with van der Waals surface area (Å²) in [4.78, 5) is 16.5. The quantitative estimate of drug-likeness (QED) is 0.856. The molecule has 0 radical (unpaired) electrons. The number of nitrogens with one attached hydrogen (secondary N) is 2. The van der Waals surface area contributed by atoms with Crippen LogP contribution in [0, 0.1) is 6.92 Å². The molecule has 0 saturated carbocycles. The first kappa shape index (κ1) is 15.0. The average molecular weight is 283 g/mol. The van der Waals surface area contributed by atoms with Gasteiger partial charge >= 0.3 is 0 Å². The van der Waals surface area contributed by atoms with E-state index in [0.29, 0.717) is 12.1 Å². The monoisotopic (exact) mass is 283 g/mol. The molecule has 0 atom stereocenters. The maximum absolute atomic E-state index is 12.3. The van der Waals surface area contributed by atoms with Crippen molar-refractivity contribution in [3.8, 4) is 0 Å². The van der Waals surface area contributed by atoms with Crippen LogP contribution in [0.5, 0.6) is 0 Å². The molecule has 4 heteroatoms. The number of pyridine rings is 1. The molecule has 0 unspecified atom stereocenters. The standard InChI is InChI=1S/C17H21N3O/c1-3-9-18-16-10-13(2)19-12-15(16)17(21)20-11-14-7-5-4-6-8-14/h4-8,10,12H,3,9,11H2,1-2H3,(H,18,19)(H,20,21). The number of carbonyl (C=O) groups excluding carboxylic acids is 1. The molecule has 4 nitrogen and oxygen atoms in total. The zero-order valence-corrected chi connectivity index (χ0v) is 12.5. The molecular weight excluding hydrogens is 262 g/mol. The van der Waals surface area contributed by atoms with Crippen molar-refractivity contribution in [3.05, 3.63) is 59.4 Å². The highest BCUT2D eigenvalue weighted by Crippen LogP contribution is 2.16. The summed E-state index contributed by atoms with van der Waals surface area (Å²) in [5.74, 6) is -0.107. The minimum Gasteiger partial charge on any atom is -0.384 e. The molecule has 1 aromatic carbocycles. The molecule has 0 aliphatic rings. The number of anilines is 1. The number of rotatable bonds is 6. The average Bonchev–Trinajstić information content (AvgIpc) is 2.51. The van der Waals surface area contributed by atoms with Crippen molar-refractivity contribution in [2.24, 2.45) is 0 Å². The molecule has 21 heavy (non-hydrogen) atoms. The zero-order valence-electron chi connectivity index (χ0n) is 12.5. The van der Waals surface area contributed by atoms with E-state index in [2.05, 4.69) is 22.5 Å². The van der Waals surface area contributed by atoms with Crippen LogP contribution in [0.15, 0.2) is 42.6 Å². The van der Waals surface area contributed by atoms with Gasteiger partial charge in [-0.25, -0.2) is 0 Å². The normalized spacial score (nSPS) is 10.2. The molecule has 0 fully saturated rings. The van der Waals surface area contributed by atoms with Gasteiger partial charge in [-0.1, -0.05) is 37.3 Å². The minimum absolute atomic E-state index is 0.107. The number of aryl methyl sites for hydroxylation is 1. The largest absolute Gasteiger partial charge is 0.384 e. The lowest BCUT2D eigenvalue weighted by atomic mass is 10.1. The van der Waals surface area contributed by atoms with E-state index in [4.69, 9.17) is 0 Å². The fraction of sp³-hybridized carbons (Fsp3) is 0.294. The second-order valence-electron chi connectivity index (χ2n) is 4.97. The van der Waals surface area contributed by atoms with Crippen molar-refractivity contribution in [1.29, 1.82) is 0 Å². The number of amides is 1. The van der Waals surface area contributed by atoms with Crippen LogP contribution in [0.3, 0.4) is 0 Å². The molecule has 0 spiro atoms. The molecule has 0 saturated heterocycles. The van der Waals surface area contributed by atoms with Gasteiger partial charge in [-0.3, -0.25) is 9.78 Å². The van der Waals surface area contributed by atoms with Crippen LogP contribution in [-0.2, 0) is 6.54 Å². The second kappa shape index (κ2) is 7.43. The summed E-state index contributed by atoms with van der Waals surface area (Å²) in [5.41, 5.74) is 3.40. The number of aromatic nitrogens is 1. The first-order chi connectivity index (χ1) is 10.2. The molecule has 110 valence electrons. The molecule has 1 heterocycles. The van der Waals surface area contributed by atoms with Gasteiger partial charge in [0.1, 0.15) is 0 Å². The molecule has 1 aromatic heterocycles. The van der Waals surface area contributed by atoms with Gasteiger partial charge in [0.15, 0.2) is 0 Å². The Morgan fingerprint density at radius 3 is 2.71 bits per heavy atom. The first-order valence-corrected chi connectivity index (χ1v) is 7.23. The van der Waals surface area contributed by atoms with E-state index in [0.717, 1.165) is 29.9 Å². The molecule has 2 aromatic rings. The topological polar surface area (TPSA) is 54.0 Å². The van der Waals surface area contributed by atoms with Crippen LogP contribution in [0.25, 0.3) is 0 Å². The van der Waals surface area contributed by atoms with Crippen LogP contribution in [0.2, 0.25) is 0 Å². The Bertz CT molecular complexity index is 596. The minimum atomic E-state index is -0.107. The predicted octanol–water partition coefficient (Wildman–Crippen LogP) is 3.14. The van der Waals surface area contributed by atoms with E-state index in [1.54, 1.807) is 6.20 Å². The van der Waals surface area contributed by atoms with Gasteiger partial charge in [0, 0.05) is 25.0 Å². The lowest BCUT2D eigenvalue weighted by Gasteiger charge is -2.12. The molecule has 2 N–H and O–H groups in total. The van der Waals surface area contributed by atoms with Crippen molar-refractivity contribution in [1.82, 2.24) is 10.3 Å². The molecule has 1 amide bonds. The smallest absolute Gasteiger partial charge is 0.255 e. The Morgan fingerprint density at radius 1 is 1.24 bits per heavy atom. The Hall–Kier alpha value is -2.36. The summed E-state index contributed by atoms with van der Waals surface area (Å²) in [6.45, 7) is 5.36. The Balaban J connectivity index is 2.07. The molecule has 0 aliphatic carbocycles. The third kappa shape index (κ3) is 4.31. The Labute approximate surface area is 125 Å². The van der Waals surface area contributed by atoms with E-state index in [9.17, 15) is 4.79 Å². The lowest BCUT2D eigenvalue weighted by molar-refractivity contribution is 0.0951. The highest BCUT2D eigenvalue weighted by atomic mass is 16.1. The third-order valence-corrected chi connectivity index (χ3v) is 3.15. The van der Waals surface area contributed by atoms with Crippen LogP contribution < -0.4 is 10.6 Å². The Kier molecular flexibility index (Phi) is 5.32. The van der Waals surface area contributed by atoms with Crippen molar-refractivity contribution in [2.75, 3.05) is 11.9 Å².